The molecule has 2 aliphatic rings. The van der Waals surface area contributed by atoms with Crippen LogP contribution in [0, 0.1) is 13.8 Å². The SMILES string of the molecule is Cc1ccc([C@@H]2C[C@H]3Cc4cc(C)ccc4N2O3)cc1. The van der Waals surface area contributed by atoms with E-state index in [4.69, 9.17) is 4.84 Å². The lowest BCUT2D eigenvalue weighted by atomic mass is 9.99. The molecule has 20 heavy (non-hydrogen) atoms. The number of nitrogens with zero attached hydrogens (tertiary/aromatic N) is 1. The zero-order valence-corrected chi connectivity index (χ0v) is 12.0. The first-order valence-electron chi connectivity index (χ1n) is 7.33. The molecule has 0 saturated carbocycles. The van der Waals surface area contributed by atoms with E-state index in [1.165, 1.54) is 27.9 Å². The van der Waals surface area contributed by atoms with Crippen LogP contribution in [0.25, 0.3) is 0 Å². The normalized spacial score (nSPS) is 23.8. The fourth-order valence-electron chi connectivity index (χ4n) is 3.37. The minimum Gasteiger partial charge on any atom is -0.269 e. The molecular formula is C18H19NO. The highest BCUT2D eigenvalue weighted by molar-refractivity contribution is 5.57. The summed E-state index contributed by atoms with van der Waals surface area (Å²) in [5.41, 5.74) is 6.66. The number of benzene rings is 2. The Balaban J connectivity index is 1.75. The van der Waals surface area contributed by atoms with E-state index in [1.807, 2.05) is 0 Å². The lowest BCUT2D eigenvalue weighted by Crippen LogP contribution is -2.27. The number of aryl methyl sites for hydroxylation is 2. The summed E-state index contributed by atoms with van der Waals surface area (Å²) in [6.45, 7) is 4.29. The Morgan fingerprint density at radius 1 is 1.00 bits per heavy atom. The molecule has 2 nitrogen and oxygen atoms in total. The van der Waals surface area contributed by atoms with Crippen LogP contribution in [0.15, 0.2) is 42.5 Å². The number of hydrogen-bond donors (Lipinski definition) is 0. The Bertz CT molecular complexity index is 647. The van der Waals surface area contributed by atoms with Crippen molar-refractivity contribution in [2.45, 2.75) is 38.8 Å². The summed E-state index contributed by atoms with van der Waals surface area (Å²) in [4.78, 5) is 6.09. The van der Waals surface area contributed by atoms with E-state index in [-0.39, 0.29) is 0 Å². The van der Waals surface area contributed by atoms with Gasteiger partial charge in [0, 0.05) is 12.8 Å². The molecule has 1 saturated heterocycles. The fraction of sp³-hybridized carbons (Fsp3) is 0.333. The van der Waals surface area contributed by atoms with Crippen LogP contribution in [0.5, 0.6) is 0 Å². The molecule has 2 aromatic carbocycles. The van der Waals surface area contributed by atoms with Crippen LogP contribution in [-0.2, 0) is 11.3 Å². The maximum atomic E-state index is 6.09. The smallest absolute Gasteiger partial charge is 0.0921 e. The Kier molecular flexibility index (Phi) is 2.61. The lowest BCUT2D eigenvalue weighted by Gasteiger charge is -2.30. The molecule has 0 radical (unpaired) electrons. The third-order valence-corrected chi connectivity index (χ3v) is 4.41. The molecule has 0 spiro atoms. The van der Waals surface area contributed by atoms with E-state index >= 15 is 0 Å². The van der Waals surface area contributed by atoms with Gasteiger partial charge in [0.05, 0.1) is 17.8 Å². The molecule has 0 N–H and O–H groups in total. The molecule has 0 aromatic heterocycles. The van der Waals surface area contributed by atoms with Crippen molar-refractivity contribution in [3.8, 4) is 0 Å². The first-order valence-corrected chi connectivity index (χ1v) is 7.33. The zero-order valence-electron chi connectivity index (χ0n) is 12.0. The fourth-order valence-corrected chi connectivity index (χ4v) is 3.37. The van der Waals surface area contributed by atoms with Gasteiger partial charge in [-0.2, -0.15) is 0 Å². The van der Waals surface area contributed by atoms with Crippen molar-refractivity contribution >= 4 is 5.69 Å². The zero-order chi connectivity index (χ0) is 13.7. The van der Waals surface area contributed by atoms with Gasteiger partial charge in [0.2, 0.25) is 0 Å². The number of hydrogen-bond acceptors (Lipinski definition) is 2. The van der Waals surface area contributed by atoms with E-state index in [9.17, 15) is 0 Å². The highest BCUT2D eigenvalue weighted by Gasteiger charge is 2.39. The predicted octanol–water partition coefficient (Wildman–Crippen LogP) is 4.11. The third-order valence-electron chi connectivity index (χ3n) is 4.41. The number of rotatable bonds is 1. The van der Waals surface area contributed by atoms with Gasteiger partial charge in [-0.05, 0) is 31.0 Å². The highest BCUT2D eigenvalue weighted by Crippen LogP contribution is 2.44. The quantitative estimate of drug-likeness (QED) is 0.769. The van der Waals surface area contributed by atoms with Crippen LogP contribution >= 0.6 is 0 Å². The Hall–Kier alpha value is -1.80. The van der Waals surface area contributed by atoms with Gasteiger partial charge in [-0.1, -0.05) is 47.5 Å². The van der Waals surface area contributed by atoms with Gasteiger partial charge >= 0.3 is 0 Å². The Morgan fingerprint density at radius 3 is 2.55 bits per heavy atom. The standard InChI is InChI=1S/C18H19NO/c1-12-3-6-14(7-4-12)18-11-16-10-15-9-13(2)5-8-17(15)19(18)20-16/h3-9,16,18H,10-11H2,1-2H3/t16-,18+/m1/s1. The van der Waals surface area contributed by atoms with Crippen molar-refractivity contribution < 1.29 is 4.84 Å². The molecule has 0 amide bonds. The minimum atomic E-state index is 0.329. The largest absolute Gasteiger partial charge is 0.269 e. The molecule has 0 aliphatic carbocycles. The second-order valence-corrected chi connectivity index (χ2v) is 6.05. The molecular weight excluding hydrogens is 246 g/mol. The van der Waals surface area contributed by atoms with Gasteiger partial charge in [-0.25, -0.2) is 5.06 Å². The molecule has 2 aromatic rings. The summed E-state index contributed by atoms with van der Waals surface area (Å²) < 4.78 is 0. The molecule has 2 heterocycles. The van der Waals surface area contributed by atoms with Crippen molar-refractivity contribution in [3.05, 3.63) is 64.7 Å². The summed E-state index contributed by atoms with van der Waals surface area (Å²) in [5.74, 6) is 0. The minimum absolute atomic E-state index is 0.329. The van der Waals surface area contributed by atoms with Gasteiger partial charge in [-0.15, -0.1) is 0 Å². The number of fused-ring (bicyclic) bond motifs is 4. The molecule has 2 bridgehead atoms. The second kappa shape index (κ2) is 4.35. The molecule has 0 unspecified atom stereocenters. The molecule has 4 rings (SSSR count). The second-order valence-electron chi connectivity index (χ2n) is 6.05. The van der Waals surface area contributed by atoms with Gasteiger partial charge in [0.1, 0.15) is 0 Å². The number of hydroxylamine groups is 1. The van der Waals surface area contributed by atoms with Crippen LogP contribution in [0.2, 0.25) is 0 Å². The van der Waals surface area contributed by atoms with Crippen molar-refractivity contribution in [2.24, 2.45) is 0 Å². The lowest BCUT2D eigenvalue weighted by molar-refractivity contribution is 0.0734. The van der Waals surface area contributed by atoms with E-state index in [1.54, 1.807) is 0 Å². The average molecular weight is 265 g/mol. The predicted molar refractivity (Wildman–Crippen MR) is 80.8 cm³/mol. The average Bonchev–Trinajstić information content (AvgIpc) is 2.78. The summed E-state index contributed by atoms with van der Waals surface area (Å²) >= 11 is 0. The number of anilines is 1. The van der Waals surface area contributed by atoms with E-state index in [0.717, 1.165) is 12.8 Å². The third kappa shape index (κ3) is 1.83. The van der Waals surface area contributed by atoms with E-state index < -0.39 is 0 Å². The Labute approximate surface area is 119 Å². The summed E-state index contributed by atoms with van der Waals surface area (Å²) in [6.07, 6.45) is 2.45. The topological polar surface area (TPSA) is 12.5 Å². The van der Waals surface area contributed by atoms with E-state index in [0.29, 0.717) is 12.1 Å². The van der Waals surface area contributed by atoms with Crippen molar-refractivity contribution in [1.82, 2.24) is 0 Å². The van der Waals surface area contributed by atoms with Crippen LogP contribution in [0.1, 0.15) is 34.7 Å². The molecule has 102 valence electrons. The van der Waals surface area contributed by atoms with Gasteiger partial charge in [-0.3, -0.25) is 4.84 Å². The van der Waals surface area contributed by atoms with Crippen LogP contribution in [0.4, 0.5) is 5.69 Å². The maximum Gasteiger partial charge on any atom is 0.0921 e. The monoisotopic (exact) mass is 265 g/mol. The van der Waals surface area contributed by atoms with Crippen LogP contribution in [-0.4, -0.2) is 6.10 Å². The van der Waals surface area contributed by atoms with Gasteiger partial charge in [0.15, 0.2) is 0 Å². The Morgan fingerprint density at radius 2 is 1.75 bits per heavy atom. The van der Waals surface area contributed by atoms with Gasteiger partial charge in [0.25, 0.3) is 0 Å². The van der Waals surface area contributed by atoms with E-state index in [2.05, 4.69) is 61.4 Å². The highest BCUT2D eigenvalue weighted by atomic mass is 16.7. The van der Waals surface area contributed by atoms with Gasteiger partial charge < -0.3 is 0 Å². The molecule has 2 heteroatoms. The van der Waals surface area contributed by atoms with Crippen LogP contribution in [0.3, 0.4) is 0 Å². The molecule has 1 fully saturated rings. The van der Waals surface area contributed by atoms with Crippen molar-refractivity contribution in [3.63, 3.8) is 0 Å². The summed E-state index contributed by atoms with van der Waals surface area (Å²) in [6, 6.07) is 15.9. The van der Waals surface area contributed by atoms with Crippen LogP contribution < -0.4 is 5.06 Å². The summed E-state index contributed by atoms with van der Waals surface area (Å²) in [7, 11) is 0. The molecule has 2 atom stereocenters. The first kappa shape index (κ1) is 12.0. The first-order chi connectivity index (χ1) is 9.70. The maximum absolute atomic E-state index is 6.09. The van der Waals surface area contributed by atoms with Crippen molar-refractivity contribution in [2.75, 3.05) is 5.06 Å². The van der Waals surface area contributed by atoms with Crippen molar-refractivity contribution in [1.29, 1.82) is 0 Å². The molecule has 2 aliphatic heterocycles. The summed E-state index contributed by atoms with van der Waals surface area (Å²) in [5, 5.41) is 2.13.